The molecule has 2 unspecified atom stereocenters. The van der Waals surface area contributed by atoms with Gasteiger partial charge in [0.1, 0.15) is 5.75 Å². The second kappa shape index (κ2) is 8.03. The summed E-state index contributed by atoms with van der Waals surface area (Å²) in [4.78, 5) is 2.51. The molecule has 3 nitrogen and oxygen atoms in total. The molecule has 1 aliphatic heterocycles. The maximum Gasteiger partial charge on any atom is 0.119 e. The molecule has 1 saturated heterocycles. The van der Waals surface area contributed by atoms with E-state index in [1.165, 1.54) is 22.3 Å². The predicted octanol–water partition coefficient (Wildman–Crippen LogP) is 4.02. The summed E-state index contributed by atoms with van der Waals surface area (Å²) >= 11 is 0. The average Bonchev–Trinajstić information content (AvgIpc) is 2.59. The Morgan fingerprint density at radius 3 is 2.56 bits per heavy atom. The van der Waals surface area contributed by atoms with Crippen molar-refractivity contribution in [1.29, 1.82) is 0 Å². The number of nitrogens with zero attached hydrogens (tertiary/aromatic N) is 1. The summed E-state index contributed by atoms with van der Waals surface area (Å²) in [6.07, 6.45) is 1.05. The van der Waals surface area contributed by atoms with Crippen LogP contribution in [0.15, 0.2) is 42.5 Å². The van der Waals surface area contributed by atoms with Crippen LogP contribution in [0.5, 0.6) is 5.75 Å². The SMILES string of the molecule is CCOc1ccc(C2CC(N)CN(Cc3cc(C)ccc3C)C2)cc1. The summed E-state index contributed by atoms with van der Waals surface area (Å²) in [5.41, 5.74) is 11.9. The molecule has 1 aliphatic rings. The molecule has 1 fully saturated rings. The van der Waals surface area contributed by atoms with Gasteiger partial charge in [-0.05, 0) is 61.9 Å². The predicted molar refractivity (Wildman–Crippen MR) is 104 cm³/mol. The topological polar surface area (TPSA) is 38.5 Å². The van der Waals surface area contributed by atoms with Crippen molar-refractivity contribution in [3.8, 4) is 5.75 Å². The monoisotopic (exact) mass is 338 g/mol. The van der Waals surface area contributed by atoms with Gasteiger partial charge in [-0.25, -0.2) is 0 Å². The van der Waals surface area contributed by atoms with Gasteiger partial charge in [0.25, 0.3) is 0 Å². The Morgan fingerprint density at radius 2 is 1.84 bits per heavy atom. The number of nitrogens with two attached hydrogens (primary N) is 1. The average molecular weight is 338 g/mol. The van der Waals surface area contributed by atoms with E-state index in [0.29, 0.717) is 12.5 Å². The van der Waals surface area contributed by atoms with Crippen LogP contribution in [0.25, 0.3) is 0 Å². The summed E-state index contributed by atoms with van der Waals surface area (Å²) in [6.45, 7) is 10.1. The van der Waals surface area contributed by atoms with Gasteiger partial charge in [-0.3, -0.25) is 4.90 Å². The smallest absolute Gasteiger partial charge is 0.119 e. The number of aryl methyl sites for hydroxylation is 2. The Balaban J connectivity index is 1.71. The zero-order chi connectivity index (χ0) is 17.8. The number of ether oxygens (including phenoxy) is 1. The molecular weight excluding hydrogens is 308 g/mol. The summed E-state index contributed by atoms with van der Waals surface area (Å²) in [7, 11) is 0. The standard InChI is InChI=1S/C22H30N2O/c1-4-25-22-9-7-18(8-10-22)20-12-21(23)15-24(14-20)13-19-11-16(2)5-6-17(19)3/h5-11,20-21H,4,12-15,23H2,1-3H3. The number of likely N-dealkylation sites (tertiary alicyclic amines) is 1. The van der Waals surface area contributed by atoms with E-state index in [1.807, 2.05) is 6.92 Å². The van der Waals surface area contributed by atoms with Gasteiger partial charge < -0.3 is 10.5 Å². The lowest BCUT2D eigenvalue weighted by Crippen LogP contribution is -2.45. The van der Waals surface area contributed by atoms with E-state index in [-0.39, 0.29) is 6.04 Å². The van der Waals surface area contributed by atoms with Gasteiger partial charge >= 0.3 is 0 Å². The zero-order valence-corrected chi connectivity index (χ0v) is 15.7. The van der Waals surface area contributed by atoms with Crippen molar-refractivity contribution in [3.05, 3.63) is 64.7 Å². The first-order valence-corrected chi connectivity index (χ1v) is 9.32. The highest BCUT2D eigenvalue weighted by Gasteiger charge is 2.26. The molecule has 3 heteroatoms. The second-order valence-electron chi connectivity index (χ2n) is 7.32. The van der Waals surface area contributed by atoms with Crippen molar-refractivity contribution in [1.82, 2.24) is 4.90 Å². The first-order chi connectivity index (χ1) is 12.0. The van der Waals surface area contributed by atoms with Crippen molar-refractivity contribution in [2.45, 2.75) is 45.7 Å². The van der Waals surface area contributed by atoms with E-state index in [4.69, 9.17) is 10.5 Å². The molecule has 3 rings (SSSR count). The molecule has 0 bridgehead atoms. The van der Waals surface area contributed by atoms with E-state index in [9.17, 15) is 0 Å². The Bertz CT molecular complexity index is 696. The van der Waals surface area contributed by atoms with Gasteiger partial charge in [-0.15, -0.1) is 0 Å². The first kappa shape index (κ1) is 18.0. The molecular formula is C22H30N2O. The van der Waals surface area contributed by atoms with E-state index in [1.54, 1.807) is 0 Å². The third-order valence-corrected chi connectivity index (χ3v) is 5.12. The second-order valence-corrected chi connectivity index (χ2v) is 7.32. The lowest BCUT2D eigenvalue weighted by atomic mass is 9.88. The van der Waals surface area contributed by atoms with E-state index < -0.39 is 0 Å². The van der Waals surface area contributed by atoms with Gasteiger partial charge in [-0.2, -0.15) is 0 Å². The van der Waals surface area contributed by atoms with Crippen LogP contribution in [0.2, 0.25) is 0 Å². The minimum absolute atomic E-state index is 0.232. The van der Waals surface area contributed by atoms with Crippen LogP contribution in [-0.4, -0.2) is 30.6 Å². The van der Waals surface area contributed by atoms with Crippen LogP contribution in [0, 0.1) is 13.8 Å². The summed E-state index contributed by atoms with van der Waals surface area (Å²) in [6, 6.07) is 15.5. The minimum Gasteiger partial charge on any atom is -0.494 e. The molecule has 2 atom stereocenters. The summed E-state index contributed by atoms with van der Waals surface area (Å²) in [5, 5.41) is 0. The van der Waals surface area contributed by atoms with Gasteiger partial charge in [-0.1, -0.05) is 35.9 Å². The number of hydrogen-bond acceptors (Lipinski definition) is 3. The summed E-state index contributed by atoms with van der Waals surface area (Å²) < 4.78 is 5.56. The Labute approximate surface area is 151 Å². The summed E-state index contributed by atoms with van der Waals surface area (Å²) in [5.74, 6) is 1.43. The third kappa shape index (κ3) is 4.62. The van der Waals surface area contributed by atoms with Crippen molar-refractivity contribution in [2.75, 3.05) is 19.7 Å². The van der Waals surface area contributed by atoms with Crippen LogP contribution in [0.1, 0.15) is 41.5 Å². The maximum absolute atomic E-state index is 6.39. The van der Waals surface area contributed by atoms with Crippen LogP contribution in [-0.2, 0) is 6.54 Å². The van der Waals surface area contributed by atoms with Crippen LogP contribution < -0.4 is 10.5 Å². The largest absolute Gasteiger partial charge is 0.494 e. The highest BCUT2D eigenvalue weighted by atomic mass is 16.5. The molecule has 0 aliphatic carbocycles. The molecule has 2 N–H and O–H groups in total. The third-order valence-electron chi connectivity index (χ3n) is 5.12. The number of hydrogen-bond donors (Lipinski definition) is 1. The van der Waals surface area contributed by atoms with Gasteiger partial charge in [0, 0.05) is 25.7 Å². The molecule has 0 spiro atoms. The minimum atomic E-state index is 0.232. The lowest BCUT2D eigenvalue weighted by Gasteiger charge is -2.37. The fraction of sp³-hybridized carbons (Fsp3) is 0.455. The Kier molecular flexibility index (Phi) is 5.77. The van der Waals surface area contributed by atoms with Crippen LogP contribution in [0.4, 0.5) is 0 Å². The first-order valence-electron chi connectivity index (χ1n) is 9.32. The van der Waals surface area contributed by atoms with Crippen molar-refractivity contribution < 1.29 is 4.74 Å². The molecule has 0 saturated carbocycles. The van der Waals surface area contributed by atoms with Crippen LogP contribution in [0.3, 0.4) is 0 Å². The Hall–Kier alpha value is -1.84. The Morgan fingerprint density at radius 1 is 1.08 bits per heavy atom. The van der Waals surface area contributed by atoms with Gasteiger partial charge in [0.05, 0.1) is 6.61 Å². The lowest BCUT2D eigenvalue weighted by molar-refractivity contribution is 0.181. The van der Waals surface area contributed by atoms with Crippen LogP contribution >= 0.6 is 0 Å². The highest BCUT2D eigenvalue weighted by molar-refractivity contribution is 5.32. The fourth-order valence-corrected chi connectivity index (χ4v) is 3.82. The molecule has 2 aromatic rings. The van der Waals surface area contributed by atoms with Crippen molar-refractivity contribution in [3.63, 3.8) is 0 Å². The van der Waals surface area contributed by atoms with Crippen molar-refractivity contribution >= 4 is 0 Å². The molecule has 0 aromatic heterocycles. The van der Waals surface area contributed by atoms with Crippen molar-refractivity contribution in [2.24, 2.45) is 5.73 Å². The number of rotatable bonds is 5. The van der Waals surface area contributed by atoms with Gasteiger partial charge in [0.2, 0.25) is 0 Å². The molecule has 25 heavy (non-hydrogen) atoms. The fourth-order valence-electron chi connectivity index (χ4n) is 3.82. The molecule has 134 valence electrons. The highest BCUT2D eigenvalue weighted by Crippen LogP contribution is 2.29. The normalized spacial score (nSPS) is 21.3. The number of benzene rings is 2. The van der Waals surface area contributed by atoms with E-state index in [2.05, 4.69) is 61.2 Å². The quantitative estimate of drug-likeness (QED) is 0.895. The van der Waals surface area contributed by atoms with Gasteiger partial charge in [0.15, 0.2) is 0 Å². The van der Waals surface area contributed by atoms with E-state index in [0.717, 1.165) is 31.8 Å². The molecule has 2 aromatic carbocycles. The molecule has 0 amide bonds. The molecule has 0 radical (unpaired) electrons. The zero-order valence-electron chi connectivity index (χ0n) is 15.7. The molecule has 1 heterocycles. The van der Waals surface area contributed by atoms with E-state index >= 15 is 0 Å². The number of piperidine rings is 1. The maximum atomic E-state index is 6.39.